The Morgan fingerprint density at radius 3 is 1.67 bits per heavy atom. The molecule has 0 atom stereocenters. The van der Waals surface area contributed by atoms with Gasteiger partial charge in [0, 0.05) is 42.9 Å². The van der Waals surface area contributed by atoms with Gasteiger partial charge in [0.25, 0.3) is 6.71 Å². The summed E-state index contributed by atoms with van der Waals surface area (Å²) in [6.07, 6.45) is 2.35. The van der Waals surface area contributed by atoms with Gasteiger partial charge in [0.1, 0.15) is 5.82 Å². The zero-order chi connectivity index (χ0) is 50.6. The Labute approximate surface area is 426 Å². The van der Waals surface area contributed by atoms with E-state index in [-0.39, 0.29) is 44.6 Å². The summed E-state index contributed by atoms with van der Waals surface area (Å²) in [6, 6.07) is 41.3. The first-order valence-electron chi connectivity index (χ1n) is 26.1. The van der Waals surface area contributed by atoms with Crippen LogP contribution in [0.5, 0.6) is 0 Å². The van der Waals surface area contributed by atoms with Crippen LogP contribution in [0.4, 0.5) is 34.3 Å². The van der Waals surface area contributed by atoms with Gasteiger partial charge >= 0.3 is 0 Å². The van der Waals surface area contributed by atoms with Crippen LogP contribution in [0, 0.1) is 0 Å². The molecule has 0 fully saturated rings. The molecule has 7 aromatic rings. The fraction of sp³-hybridized carbons (Fsp3) is 0.431. The SMILES string of the molecule is CC(C)(C)c1ccc(-c2cc(C(C)(C)C)ccc2N2c3cc(C(C)(C)C)ccc3B3c4sc5ccc(C(C)(C)C)cc5c4N(c4ccc5c(c4)C(C)(C)CCC5(C)C)c4cc(C(C)(C)C)nc2c43)cc1. The summed E-state index contributed by atoms with van der Waals surface area (Å²) >= 11 is 1.98. The molecule has 0 amide bonds. The molecule has 362 valence electrons. The van der Waals surface area contributed by atoms with E-state index in [0.29, 0.717) is 0 Å². The number of hydrogen-bond acceptors (Lipinski definition) is 4. The van der Waals surface area contributed by atoms with Crippen molar-refractivity contribution in [3.8, 4) is 11.1 Å². The van der Waals surface area contributed by atoms with Gasteiger partial charge in [-0.1, -0.05) is 186 Å². The Hall–Kier alpha value is -5.13. The minimum atomic E-state index is -0.244. The Bertz CT molecular complexity index is 3240. The molecular weight excluding hydrogens is 866 g/mol. The molecule has 70 heavy (non-hydrogen) atoms. The van der Waals surface area contributed by atoms with E-state index in [0.717, 1.165) is 23.6 Å². The molecule has 0 N–H and O–H groups in total. The molecule has 0 unspecified atom stereocenters. The predicted molar refractivity (Wildman–Crippen MR) is 308 cm³/mol. The third kappa shape index (κ3) is 7.96. The van der Waals surface area contributed by atoms with Crippen LogP contribution in [0.3, 0.4) is 0 Å². The molecular formula is C65H78BN3S. The minimum absolute atomic E-state index is 0.00700. The van der Waals surface area contributed by atoms with Crippen molar-refractivity contribution in [3.63, 3.8) is 0 Å². The number of aromatic nitrogens is 1. The molecule has 3 aliphatic rings. The maximum absolute atomic E-state index is 6.00. The number of benzene rings is 5. The third-order valence-corrected chi connectivity index (χ3v) is 17.5. The monoisotopic (exact) mass is 944 g/mol. The van der Waals surface area contributed by atoms with Crippen molar-refractivity contribution in [2.75, 3.05) is 9.80 Å². The van der Waals surface area contributed by atoms with Gasteiger partial charge in [-0.2, -0.15) is 0 Å². The summed E-state index contributed by atoms with van der Waals surface area (Å²) in [4.78, 5) is 11.3. The molecule has 0 saturated carbocycles. The van der Waals surface area contributed by atoms with Crippen molar-refractivity contribution in [2.24, 2.45) is 0 Å². The number of thiophene rings is 1. The number of rotatable bonds is 3. The Kier molecular flexibility index (Phi) is 10.9. The Morgan fingerprint density at radius 1 is 0.500 bits per heavy atom. The van der Waals surface area contributed by atoms with Crippen molar-refractivity contribution < 1.29 is 0 Å². The highest BCUT2D eigenvalue weighted by Gasteiger charge is 2.48. The lowest BCUT2D eigenvalue weighted by Gasteiger charge is -2.45. The van der Waals surface area contributed by atoms with Gasteiger partial charge in [0.2, 0.25) is 0 Å². The van der Waals surface area contributed by atoms with Crippen molar-refractivity contribution in [1.29, 1.82) is 0 Å². The van der Waals surface area contributed by atoms with Crippen LogP contribution in [0.25, 0.3) is 21.2 Å². The first-order chi connectivity index (χ1) is 32.3. The van der Waals surface area contributed by atoms with E-state index in [1.165, 1.54) is 99.5 Å². The van der Waals surface area contributed by atoms with E-state index in [4.69, 9.17) is 4.98 Å². The zero-order valence-corrected chi connectivity index (χ0v) is 46.9. The fourth-order valence-corrected chi connectivity index (χ4v) is 12.8. The first kappa shape index (κ1) is 48.5. The number of fused-ring (bicyclic) bond motifs is 7. The summed E-state index contributed by atoms with van der Waals surface area (Å²) in [5.74, 6) is 1.03. The topological polar surface area (TPSA) is 19.4 Å². The van der Waals surface area contributed by atoms with Crippen molar-refractivity contribution >= 4 is 78.1 Å². The highest BCUT2D eigenvalue weighted by molar-refractivity contribution is 7.33. The lowest BCUT2D eigenvalue weighted by molar-refractivity contribution is 0.332. The summed E-state index contributed by atoms with van der Waals surface area (Å²) in [6.45, 7) is 44.8. The van der Waals surface area contributed by atoms with Crippen LogP contribution in [0.15, 0.2) is 103 Å². The quantitative estimate of drug-likeness (QED) is 0.165. The van der Waals surface area contributed by atoms with E-state index in [2.05, 4.69) is 244 Å². The van der Waals surface area contributed by atoms with Gasteiger partial charge in [-0.25, -0.2) is 4.98 Å². The van der Waals surface area contributed by atoms with Crippen LogP contribution >= 0.6 is 11.3 Å². The largest absolute Gasteiger partial charge is 0.310 e. The highest BCUT2D eigenvalue weighted by Crippen LogP contribution is 2.53. The van der Waals surface area contributed by atoms with Crippen LogP contribution in [-0.2, 0) is 37.9 Å². The number of hydrogen-bond donors (Lipinski definition) is 0. The molecule has 2 aromatic heterocycles. The molecule has 5 heteroatoms. The van der Waals surface area contributed by atoms with Crippen molar-refractivity contribution in [3.05, 3.63) is 142 Å². The second-order valence-corrected chi connectivity index (χ2v) is 28.8. The van der Waals surface area contributed by atoms with Crippen molar-refractivity contribution in [2.45, 2.75) is 182 Å². The molecule has 10 rings (SSSR count). The molecule has 2 aliphatic heterocycles. The first-order valence-corrected chi connectivity index (χ1v) is 26.9. The normalized spacial score (nSPS) is 16.5. The lowest BCUT2D eigenvalue weighted by atomic mass is 9.36. The highest BCUT2D eigenvalue weighted by atomic mass is 32.1. The second kappa shape index (κ2) is 15.7. The van der Waals surface area contributed by atoms with Crippen LogP contribution in [0.1, 0.15) is 183 Å². The number of nitrogens with zero attached hydrogens (tertiary/aromatic N) is 3. The third-order valence-electron chi connectivity index (χ3n) is 16.3. The second-order valence-electron chi connectivity index (χ2n) is 27.7. The van der Waals surface area contributed by atoms with E-state index in [9.17, 15) is 0 Å². The molecule has 5 aromatic carbocycles. The maximum Gasteiger partial charge on any atom is 0.266 e. The Balaban J connectivity index is 1.36. The summed E-state index contributed by atoms with van der Waals surface area (Å²) in [5, 5.41) is 1.33. The molecule has 4 heterocycles. The lowest BCUT2D eigenvalue weighted by Crippen LogP contribution is -2.61. The van der Waals surface area contributed by atoms with Crippen LogP contribution in [-0.4, -0.2) is 11.7 Å². The molecule has 0 saturated heterocycles. The van der Waals surface area contributed by atoms with Gasteiger partial charge in [0.05, 0.1) is 17.1 Å². The van der Waals surface area contributed by atoms with Gasteiger partial charge in [0.15, 0.2) is 0 Å². The van der Waals surface area contributed by atoms with Crippen LogP contribution in [0.2, 0.25) is 0 Å². The van der Waals surface area contributed by atoms with Gasteiger partial charge in [-0.3, -0.25) is 4.90 Å². The molecule has 0 spiro atoms. The predicted octanol–water partition coefficient (Wildman–Crippen LogP) is 16.9. The Morgan fingerprint density at radius 2 is 1.06 bits per heavy atom. The summed E-state index contributed by atoms with van der Waals surface area (Å²) in [7, 11) is 0. The molecule has 1 aliphatic carbocycles. The molecule has 3 nitrogen and oxygen atoms in total. The fourth-order valence-electron chi connectivity index (χ4n) is 11.5. The summed E-state index contributed by atoms with van der Waals surface area (Å²) < 4.78 is 2.72. The van der Waals surface area contributed by atoms with Gasteiger partial charge < -0.3 is 4.90 Å². The van der Waals surface area contributed by atoms with Gasteiger partial charge in [-0.05, 0) is 144 Å². The standard InChI is InChI=1S/C65H78BN3S/c1-59(2,3)40-22-20-39(21-23-40)45-34-41(60(4,5)6)25-30-50(45)69-51-36-43(62(10,11)12)24-29-49(51)66-55-52(38-54(63(13,14)15)67-58(55)69)68(44-27-28-47-48(37-44)65(18,19)33-32-64(47,16)17)56-46-35-42(61(7,8)9)26-31-53(46)70-57(56)66/h20-31,34-38H,32-33H2,1-19H3. The smallest absolute Gasteiger partial charge is 0.266 e. The average Bonchev–Trinajstić information content (AvgIpc) is 3.64. The van der Waals surface area contributed by atoms with E-state index in [1.807, 2.05) is 11.3 Å². The molecule has 0 bridgehead atoms. The van der Waals surface area contributed by atoms with E-state index in [1.54, 1.807) is 0 Å². The van der Waals surface area contributed by atoms with Gasteiger partial charge in [-0.15, -0.1) is 11.3 Å². The van der Waals surface area contributed by atoms with E-state index >= 15 is 0 Å². The maximum atomic E-state index is 6.00. The average molecular weight is 944 g/mol. The van der Waals surface area contributed by atoms with Crippen LogP contribution < -0.4 is 25.5 Å². The zero-order valence-electron chi connectivity index (χ0n) is 46.1. The van der Waals surface area contributed by atoms with E-state index < -0.39 is 0 Å². The summed E-state index contributed by atoms with van der Waals surface area (Å²) in [5.41, 5.74) is 20.4. The minimum Gasteiger partial charge on any atom is -0.310 e. The molecule has 0 radical (unpaired) electrons. The number of anilines is 6. The number of pyridine rings is 1. The van der Waals surface area contributed by atoms with Crippen molar-refractivity contribution in [1.82, 2.24) is 4.98 Å².